The zero-order valence-corrected chi connectivity index (χ0v) is 10.4. The summed E-state index contributed by atoms with van der Waals surface area (Å²) in [5.41, 5.74) is 0.716. The summed E-state index contributed by atoms with van der Waals surface area (Å²) in [6.07, 6.45) is 5.29. The number of aliphatic hydroxyl groups is 1. The first-order valence-corrected chi connectivity index (χ1v) is 5.65. The van der Waals surface area contributed by atoms with Gasteiger partial charge in [-0.3, -0.25) is 0 Å². The van der Waals surface area contributed by atoms with E-state index in [-0.39, 0.29) is 0 Å². The smallest absolute Gasteiger partial charge is 0.139 e. The van der Waals surface area contributed by atoms with Crippen LogP contribution in [0.25, 0.3) is 0 Å². The summed E-state index contributed by atoms with van der Waals surface area (Å²) in [7, 11) is 4.08. The number of rotatable bonds is 6. The van der Waals surface area contributed by atoms with Gasteiger partial charge in [0.2, 0.25) is 0 Å². The summed E-state index contributed by atoms with van der Waals surface area (Å²) in [6.45, 7) is 1.70. The molecule has 3 nitrogen and oxygen atoms in total. The van der Waals surface area contributed by atoms with E-state index < -0.39 is 6.10 Å². The Morgan fingerprint density at radius 1 is 1.35 bits per heavy atom. The van der Waals surface area contributed by atoms with Crippen molar-refractivity contribution in [3.63, 3.8) is 0 Å². The Balaban J connectivity index is 2.38. The number of aliphatic hydroxyl groups excluding tert-OH is 1. The fraction of sp³-hybridized carbons (Fsp3) is 0.429. The van der Waals surface area contributed by atoms with Crippen molar-refractivity contribution in [3.8, 4) is 18.1 Å². The second-order valence-corrected chi connectivity index (χ2v) is 4.14. The van der Waals surface area contributed by atoms with E-state index >= 15 is 0 Å². The number of terminal acetylenes is 1. The highest BCUT2D eigenvalue weighted by Crippen LogP contribution is 2.17. The van der Waals surface area contributed by atoms with E-state index in [0.717, 1.165) is 18.7 Å². The van der Waals surface area contributed by atoms with Gasteiger partial charge in [0, 0.05) is 6.54 Å². The van der Waals surface area contributed by atoms with Gasteiger partial charge >= 0.3 is 0 Å². The van der Waals surface area contributed by atoms with E-state index in [1.54, 1.807) is 12.1 Å². The molecule has 0 spiro atoms. The van der Waals surface area contributed by atoms with Crippen LogP contribution >= 0.6 is 0 Å². The molecule has 0 aromatic heterocycles. The zero-order valence-electron chi connectivity index (χ0n) is 10.4. The predicted molar refractivity (Wildman–Crippen MR) is 68.9 cm³/mol. The minimum absolute atomic E-state index is 0.690. The van der Waals surface area contributed by atoms with Crippen LogP contribution in [0, 0.1) is 12.3 Å². The van der Waals surface area contributed by atoms with Gasteiger partial charge in [-0.25, -0.2) is 0 Å². The first-order valence-electron chi connectivity index (χ1n) is 5.65. The topological polar surface area (TPSA) is 32.7 Å². The van der Waals surface area contributed by atoms with E-state index in [0.29, 0.717) is 12.2 Å². The van der Waals surface area contributed by atoms with Crippen LogP contribution in [-0.4, -0.2) is 37.3 Å². The molecule has 1 atom stereocenters. The fourth-order valence-electron chi connectivity index (χ4n) is 1.41. The molecule has 0 bridgehead atoms. The van der Waals surface area contributed by atoms with Crippen molar-refractivity contribution in [2.45, 2.75) is 12.5 Å². The zero-order chi connectivity index (χ0) is 12.7. The van der Waals surface area contributed by atoms with E-state index in [2.05, 4.69) is 10.8 Å². The van der Waals surface area contributed by atoms with Gasteiger partial charge in [-0.2, -0.15) is 0 Å². The van der Waals surface area contributed by atoms with Crippen LogP contribution in [0.3, 0.4) is 0 Å². The predicted octanol–water partition coefficient (Wildman–Crippen LogP) is 1.68. The van der Waals surface area contributed by atoms with Crippen molar-refractivity contribution in [1.82, 2.24) is 4.90 Å². The van der Waals surface area contributed by atoms with E-state index in [9.17, 15) is 5.11 Å². The third-order valence-electron chi connectivity index (χ3n) is 2.37. The van der Waals surface area contributed by atoms with Gasteiger partial charge in [0.05, 0.1) is 6.61 Å². The van der Waals surface area contributed by atoms with Gasteiger partial charge in [-0.05, 0) is 38.2 Å². The van der Waals surface area contributed by atoms with Crippen LogP contribution in [0.15, 0.2) is 24.3 Å². The standard InChI is InChI=1S/C14H19NO2/c1-4-14(16)12-6-8-13(9-7-12)17-11-5-10-15(2)3/h1,6-9,14,16H,5,10-11H2,2-3H3/t14-/m0/s1. The van der Waals surface area contributed by atoms with Gasteiger partial charge in [-0.1, -0.05) is 18.1 Å². The molecule has 3 heteroatoms. The number of hydrogen-bond acceptors (Lipinski definition) is 3. The highest BCUT2D eigenvalue weighted by atomic mass is 16.5. The lowest BCUT2D eigenvalue weighted by molar-refractivity contribution is 0.238. The van der Waals surface area contributed by atoms with Gasteiger partial charge in [0.25, 0.3) is 0 Å². The summed E-state index contributed by atoms with van der Waals surface area (Å²) < 4.78 is 5.56. The quantitative estimate of drug-likeness (QED) is 0.599. The first kappa shape index (κ1) is 13.6. The third-order valence-corrected chi connectivity index (χ3v) is 2.37. The molecule has 17 heavy (non-hydrogen) atoms. The maximum absolute atomic E-state index is 9.41. The van der Waals surface area contributed by atoms with Crippen LogP contribution in [0.5, 0.6) is 5.75 Å². The van der Waals surface area contributed by atoms with Crippen molar-refractivity contribution >= 4 is 0 Å². The lowest BCUT2D eigenvalue weighted by Crippen LogP contribution is -2.15. The highest BCUT2D eigenvalue weighted by Gasteiger charge is 2.02. The Hall–Kier alpha value is -1.50. The second kappa shape index (κ2) is 6.95. The molecule has 0 saturated heterocycles. The molecule has 92 valence electrons. The summed E-state index contributed by atoms with van der Waals surface area (Å²) >= 11 is 0. The number of hydrogen-bond donors (Lipinski definition) is 1. The van der Waals surface area contributed by atoms with Crippen molar-refractivity contribution in [1.29, 1.82) is 0 Å². The van der Waals surface area contributed by atoms with Crippen molar-refractivity contribution in [3.05, 3.63) is 29.8 Å². The highest BCUT2D eigenvalue weighted by molar-refractivity contribution is 5.31. The molecule has 0 saturated carbocycles. The van der Waals surface area contributed by atoms with E-state index in [4.69, 9.17) is 11.2 Å². The van der Waals surface area contributed by atoms with E-state index in [1.807, 2.05) is 26.2 Å². The molecule has 0 aliphatic rings. The first-order chi connectivity index (χ1) is 8.13. The SMILES string of the molecule is C#C[C@H](O)c1ccc(OCCCN(C)C)cc1. The number of ether oxygens (including phenoxy) is 1. The molecule has 1 rings (SSSR count). The molecular formula is C14H19NO2. The van der Waals surface area contributed by atoms with Gasteiger partial charge in [0.1, 0.15) is 11.9 Å². The Bertz CT molecular complexity index is 365. The number of nitrogens with zero attached hydrogens (tertiary/aromatic N) is 1. The maximum atomic E-state index is 9.41. The average molecular weight is 233 g/mol. The minimum Gasteiger partial charge on any atom is -0.494 e. The van der Waals surface area contributed by atoms with Crippen LogP contribution in [-0.2, 0) is 0 Å². The van der Waals surface area contributed by atoms with E-state index in [1.165, 1.54) is 0 Å². The van der Waals surface area contributed by atoms with Crippen LogP contribution in [0.2, 0.25) is 0 Å². The van der Waals surface area contributed by atoms with Gasteiger partial charge in [0.15, 0.2) is 0 Å². The molecular weight excluding hydrogens is 214 g/mol. The largest absolute Gasteiger partial charge is 0.494 e. The third kappa shape index (κ3) is 4.90. The molecule has 0 radical (unpaired) electrons. The maximum Gasteiger partial charge on any atom is 0.139 e. The summed E-state index contributed by atoms with van der Waals surface area (Å²) in [5, 5.41) is 9.41. The van der Waals surface area contributed by atoms with Crippen LogP contribution in [0.4, 0.5) is 0 Å². The molecule has 0 aliphatic heterocycles. The van der Waals surface area contributed by atoms with Crippen LogP contribution < -0.4 is 4.74 Å². The summed E-state index contributed by atoms with van der Waals surface area (Å²) in [6, 6.07) is 7.22. The Labute approximate surface area is 103 Å². The second-order valence-electron chi connectivity index (χ2n) is 4.14. The molecule has 1 aromatic carbocycles. The average Bonchev–Trinajstić information content (AvgIpc) is 2.34. The number of benzene rings is 1. The Morgan fingerprint density at radius 3 is 2.53 bits per heavy atom. The normalized spacial score (nSPS) is 12.2. The molecule has 1 N–H and O–H groups in total. The molecule has 0 aliphatic carbocycles. The summed E-state index contributed by atoms with van der Waals surface area (Å²) in [5.74, 6) is 3.08. The van der Waals surface area contributed by atoms with Crippen LogP contribution in [0.1, 0.15) is 18.1 Å². The molecule has 1 aromatic rings. The lowest BCUT2D eigenvalue weighted by Gasteiger charge is -2.11. The Kier molecular flexibility index (Phi) is 5.55. The van der Waals surface area contributed by atoms with Crippen molar-refractivity contribution in [2.24, 2.45) is 0 Å². The molecule has 0 unspecified atom stereocenters. The molecule has 0 amide bonds. The molecule has 0 heterocycles. The van der Waals surface area contributed by atoms with Gasteiger partial charge in [-0.15, -0.1) is 6.42 Å². The minimum atomic E-state index is -0.835. The fourth-order valence-corrected chi connectivity index (χ4v) is 1.41. The van der Waals surface area contributed by atoms with Gasteiger partial charge < -0.3 is 14.7 Å². The lowest BCUT2D eigenvalue weighted by atomic mass is 10.1. The Morgan fingerprint density at radius 2 is 2.00 bits per heavy atom. The van der Waals surface area contributed by atoms with Crippen molar-refractivity contribution in [2.75, 3.05) is 27.2 Å². The van der Waals surface area contributed by atoms with Crippen molar-refractivity contribution < 1.29 is 9.84 Å². The summed E-state index contributed by atoms with van der Waals surface area (Å²) in [4.78, 5) is 2.12. The molecule has 0 fully saturated rings. The monoisotopic (exact) mass is 233 g/mol.